The van der Waals surface area contributed by atoms with E-state index in [1.165, 1.54) is 18.2 Å². The van der Waals surface area contributed by atoms with Crippen LogP contribution in [0.3, 0.4) is 0 Å². The number of anilines is 1. The molecular weight excluding hydrogens is 560 g/mol. The normalized spacial score (nSPS) is 23.5. The standard InChI is InChI=1S/C32H36ClF2N5O2/c1-5-20-16-40(15-17(2)37-20)30-23-14-25(34)27(22-13-21(41)12-19-8-6-9-24(33)26(19)22)28(35)29(23)38-31(39-30)42-18(3)32(4)10-7-11-36-32/h6,8-9,12-14,17-18,20,36-37,41H,5,7,10-11,15-16H2,1-4H3/t17-,18?,20-,32+/m1/s1. The second-order valence-corrected chi connectivity index (χ2v) is 12.3. The highest BCUT2D eigenvalue weighted by atomic mass is 35.5. The molecule has 2 saturated heterocycles. The van der Waals surface area contributed by atoms with Crippen LogP contribution in [0.5, 0.6) is 11.8 Å². The van der Waals surface area contributed by atoms with Crippen LogP contribution in [0.2, 0.25) is 5.02 Å². The number of hydrogen-bond donors (Lipinski definition) is 3. The van der Waals surface area contributed by atoms with Crippen LogP contribution in [-0.4, -0.2) is 58.4 Å². The second kappa shape index (κ2) is 11.1. The van der Waals surface area contributed by atoms with Crippen molar-refractivity contribution in [3.8, 4) is 22.9 Å². The van der Waals surface area contributed by atoms with Crippen molar-refractivity contribution in [3.05, 3.63) is 53.1 Å². The van der Waals surface area contributed by atoms with Gasteiger partial charge < -0.3 is 25.4 Å². The fourth-order valence-electron chi connectivity index (χ4n) is 6.42. The van der Waals surface area contributed by atoms with Gasteiger partial charge in [-0.1, -0.05) is 30.7 Å². The highest BCUT2D eigenvalue weighted by Crippen LogP contribution is 2.42. The Morgan fingerprint density at radius 3 is 2.76 bits per heavy atom. The van der Waals surface area contributed by atoms with Crippen molar-refractivity contribution in [2.75, 3.05) is 24.5 Å². The lowest BCUT2D eigenvalue weighted by Gasteiger charge is -2.38. The first kappa shape index (κ1) is 28.8. The van der Waals surface area contributed by atoms with Crippen LogP contribution < -0.4 is 20.3 Å². The minimum atomic E-state index is -0.863. The first-order valence-electron chi connectivity index (χ1n) is 14.6. The van der Waals surface area contributed by atoms with Crippen LogP contribution in [0.15, 0.2) is 36.4 Å². The Morgan fingerprint density at radius 1 is 1.21 bits per heavy atom. The van der Waals surface area contributed by atoms with Gasteiger partial charge in [0.15, 0.2) is 5.82 Å². The molecule has 2 fully saturated rings. The molecule has 2 aliphatic rings. The van der Waals surface area contributed by atoms with Crippen molar-refractivity contribution in [1.29, 1.82) is 0 Å². The molecule has 222 valence electrons. The Hall–Kier alpha value is -3.27. The Morgan fingerprint density at radius 2 is 2.02 bits per heavy atom. The monoisotopic (exact) mass is 595 g/mol. The molecule has 0 amide bonds. The number of hydrogen-bond acceptors (Lipinski definition) is 7. The van der Waals surface area contributed by atoms with Gasteiger partial charge in [-0.15, -0.1) is 0 Å². The SMILES string of the molecule is CC[C@@H]1CN(c2nc(OC(C)[C@]3(C)CCCN3)nc3c(F)c(-c4cc(O)cc5cccc(Cl)c45)c(F)cc23)C[C@@H](C)N1. The van der Waals surface area contributed by atoms with Gasteiger partial charge in [-0.3, -0.25) is 0 Å². The minimum absolute atomic E-state index is 0.0365. The predicted molar refractivity (Wildman–Crippen MR) is 164 cm³/mol. The molecule has 1 aromatic heterocycles. The maximum Gasteiger partial charge on any atom is 0.319 e. The Labute approximate surface area is 249 Å². The summed E-state index contributed by atoms with van der Waals surface area (Å²) in [6, 6.07) is 9.63. The lowest BCUT2D eigenvalue weighted by molar-refractivity contribution is 0.111. The number of nitrogens with zero attached hydrogens (tertiary/aromatic N) is 3. The third-order valence-corrected chi connectivity index (χ3v) is 9.17. The average molecular weight is 596 g/mol. The zero-order valence-corrected chi connectivity index (χ0v) is 25.0. The first-order valence-corrected chi connectivity index (χ1v) is 15.0. The summed E-state index contributed by atoms with van der Waals surface area (Å²) in [5.41, 5.74) is -0.498. The first-order chi connectivity index (χ1) is 20.1. The highest BCUT2D eigenvalue weighted by molar-refractivity contribution is 6.36. The number of halogens is 3. The number of benzene rings is 3. The van der Waals surface area contributed by atoms with Crippen LogP contribution in [0.1, 0.15) is 47.0 Å². The van der Waals surface area contributed by atoms with Gasteiger partial charge in [0.25, 0.3) is 0 Å². The highest BCUT2D eigenvalue weighted by Gasteiger charge is 2.37. The van der Waals surface area contributed by atoms with E-state index in [0.717, 1.165) is 25.8 Å². The fraction of sp³-hybridized carbons (Fsp3) is 0.438. The molecule has 0 spiro atoms. The van der Waals surface area contributed by atoms with Gasteiger partial charge in [0.05, 0.1) is 11.1 Å². The van der Waals surface area contributed by atoms with Crippen LogP contribution in [0.4, 0.5) is 14.6 Å². The number of aromatic nitrogens is 2. The average Bonchev–Trinajstić information content (AvgIpc) is 3.40. The molecule has 3 N–H and O–H groups in total. The predicted octanol–water partition coefficient (Wildman–Crippen LogP) is 6.57. The number of ether oxygens (including phenoxy) is 1. The van der Waals surface area contributed by atoms with Gasteiger partial charge in [-0.05, 0) is 76.2 Å². The quantitative estimate of drug-likeness (QED) is 0.232. The molecule has 0 aliphatic carbocycles. The summed E-state index contributed by atoms with van der Waals surface area (Å²) < 4.78 is 39.1. The molecular formula is C32H36ClF2N5O2. The summed E-state index contributed by atoms with van der Waals surface area (Å²) in [5.74, 6) is -1.35. The summed E-state index contributed by atoms with van der Waals surface area (Å²) in [4.78, 5) is 11.4. The largest absolute Gasteiger partial charge is 0.508 e. The molecule has 7 nitrogen and oxygen atoms in total. The molecule has 42 heavy (non-hydrogen) atoms. The number of piperazine rings is 1. The van der Waals surface area contributed by atoms with E-state index in [0.29, 0.717) is 34.7 Å². The molecule has 3 heterocycles. The van der Waals surface area contributed by atoms with E-state index in [2.05, 4.69) is 41.3 Å². The molecule has 4 aromatic rings. The second-order valence-electron chi connectivity index (χ2n) is 11.9. The maximum atomic E-state index is 16.7. The molecule has 10 heteroatoms. The smallest absolute Gasteiger partial charge is 0.319 e. The van der Waals surface area contributed by atoms with E-state index < -0.39 is 11.6 Å². The van der Waals surface area contributed by atoms with Gasteiger partial charge in [0.1, 0.15) is 29.0 Å². The Kier molecular flexibility index (Phi) is 7.62. The zero-order valence-electron chi connectivity index (χ0n) is 24.3. The summed E-state index contributed by atoms with van der Waals surface area (Å²) in [6.45, 7) is 10.4. The number of rotatable bonds is 6. The van der Waals surface area contributed by atoms with Gasteiger partial charge in [-0.2, -0.15) is 9.97 Å². The van der Waals surface area contributed by atoms with Gasteiger partial charge >= 0.3 is 6.01 Å². The van der Waals surface area contributed by atoms with Crippen molar-refractivity contribution < 1.29 is 18.6 Å². The summed E-state index contributed by atoms with van der Waals surface area (Å²) in [6.07, 6.45) is 2.55. The van der Waals surface area contributed by atoms with Crippen molar-refractivity contribution in [3.63, 3.8) is 0 Å². The topological polar surface area (TPSA) is 82.5 Å². The summed E-state index contributed by atoms with van der Waals surface area (Å²) in [7, 11) is 0. The van der Waals surface area contributed by atoms with Crippen molar-refractivity contribution in [2.24, 2.45) is 0 Å². The number of nitrogens with one attached hydrogen (secondary N) is 2. The van der Waals surface area contributed by atoms with Gasteiger partial charge in [0, 0.05) is 46.5 Å². The minimum Gasteiger partial charge on any atom is -0.508 e. The lowest BCUT2D eigenvalue weighted by atomic mass is 9.94. The number of aromatic hydroxyl groups is 1. The third-order valence-electron chi connectivity index (χ3n) is 8.85. The molecule has 0 saturated carbocycles. The van der Waals surface area contributed by atoms with E-state index in [-0.39, 0.29) is 57.5 Å². The fourth-order valence-corrected chi connectivity index (χ4v) is 6.70. The lowest BCUT2D eigenvalue weighted by Crippen LogP contribution is -2.55. The van der Waals surface area contributed by atoms with E-state index >= 15 is 8.78 Å². The molecule has 4 atom stereocenters. The summed E-state index contributed by atoms with van der Waals surface area (Å²) in [5, 5.41) is 19.1. The van der Waals surface area contributed by atoms with Crippen LogP contribution >= 0.6 is 11.6 Å². The molecule has 0 bridgehead atoms. The van der Waals surface area contributed by atoms with Crippen molar-refractivity contribution in [2.45, 2.75) is 70.7 Å². The van der Waals surface area contributed by atoms with E-state index in [1.807, 2.05) is 6.92 Å². The Balaban J connectivity index is 1.57. The molecule has 2 aliphatic heterocycles. The van der Waals surface area contributed by atoms with Gasteiger partial charge in [-0.25, -0.2) is 8.78 Å². The molecule has 3 aromatic carbocycles. The van der Waals surface area contributed by atoms with E-state index in [4.69, 9.17) is 21.3 Å². The van der Waals surface area contributed by atoms with Crippen LogP contribution in [-0.2, 0) is 0 Å². The zero-order chi connectivity index (χ0) is 29.8. The van der Waals surface area contributed by atoms with Crippen molar-refractivity contribution >= 4 is 39.1 Å². The maximum absolute atomic E-state index is 16.7. The number of fused-ring (bicyclic) bond motifs is 2. The molecule has 6 rings (SSSR count). The molecule has 1 unspecified atom stereocenters. The number of phenols is 1. The van der Waals surface area contributed by atoms with Crippen LogP contribution in [0.25, 0.3) is 32.8 Å². The van der Waals surface area contributed by atoms with E-state index in [9.17, 15) is 5.11 Å². The van der Waals surface area contributed by atoms with E-state index in [1.54, 1.807) is 18.2 Å². The molecule has 0 radical (unpaired) electrons. The Bertz CT molecular complexity index is 1660. The van der Waals surface area contributed by atoms with Gasteiger partial charge in [0.2, 0.25) is 0 Å². The third kappa shape index (κ3) is 5.12. The number of phenolic OH excluding ortho intramolecular Hbond substituents is 1. The van der Waals surface area contributed by atoms with Crippen molar-refractivity contribution in [1.82, 2.24) is 20.6 Å². The van der Waals surface area contributed by atoms with Crippen LogP contribution in [0, 0.1) is 11.6 Å². The summed E-state index contributed by atoms with van der Waals surface area (Å²) >= 11 is 6.52.